The minimum Gasteiger partial charge on any atom is -0.492 e. The van der Waals surface area contributed by atoms with Crippen LogP contribution in [0.2, 0.25) is 5.02 Å². The molecule has 1 unspecified atom stereocenters. The number of nitrogens with zero attached hydrogens (tertiary/aromatic N) is 1. The van der Waals surface area contributed by atoms with Crippen molar-refractivity contribution in [3.8, 4) is 5.75 Å². The lowest BCUT2D eigenvalue weighted by molar-refractivity contribution is -0.134. The molecular formula is C15H20ClNO3. The number of hydrogen-bond donors (Lipinski definition) is 0. The second-order valence-corrected chi connectivity index (χ2v) is 5.36. The second-order valence-electron chi connectivity index (χ2n) is 4.95. The van der Waals surface area contributed by atoms with E-state index in [2.05, 4.69) is 0 Å². The van der Waals surface area contributed by atoms with E-state index in [1.165, 1.54) is 0 Å². The Morgan fingerprint density at radius 2 is 2.30 bits per heavy atom. The summed E-state index contributed by atoms with van der Waals surface area (Å²) in [5, 5.41) is 0.611. The van der Waals surface area contributed by atoms with Gasteiger partial charge in [-0.1, -0.05) is 23.7 Å². The number of carbonyl (C=O) groups excluding carboxylic acids is 1. The Morgan fingerprint density at radius 1 is 1.50 bits per heavy atom. The third-order valence-electron chi connectivity index (χ3n) is 3.39. The summed E-state index contributed by atoms with van der Waals surface area (Å²) in [4.78, 5) is 13.8. The van der Waals surface area contributed by atoms with Crippen LogP contribution in [-0.2, 0) is 9.53 Å². The number of amides is 1. The van der Waals surface area contributed by atoms with Gasteiger partial charge in [0.25, 0.3) is 0 Å². The Morgan fingerprint density at radius 3 is 3.00 bits per heavy atom. The van der Waals surface area contributed by atoms with Crippen LogP contribution in [0, 0.1) is 5.92 Å². The Kier molecular flexibility index (Phi) is 5.68. The van der Waals surface area contributed by atoms with E-state index in [0.717, 1.165) is 12.8 Å². The van der Waals surface area contributed by atoms with Gasteiger partial charge >= 0.3 is 0 Å². The first kappa shape index (κ1) is 15.1. The van der Waals surface area contributed by atoms with E-state index in [4.69, 9.17) is 21.1 Å². The van der Waals surface area contributed by atoms with Crippen LogP contribution in [0.3, 0.4) is 0 Å². The Balaban J connectivity index is 1.68. The molecule has 1 aromatic carbocycles. The maximum atomic E-state index is 12.0. The molecule has 1 aliphatic rings. The lowest BCUT2D eigenvalue weighted by atomic mass is 10.1. The highest BCUT2D eigenvalue weighted by atomic mass is 35.5. The molecule has 0 aliphatic carbocycles. The van der Waals surface area contributed by atoms with E-state index in [-0.39, 0.29) is 11.8 Å². The third kappa shape index (κ3) is 4.12. The highest BCUT2D eigenvalue weighted by Gasteiger charge is 2.25. The maximum absolute atomic E-state index is 12.0. The summed E-state index contributed by atoms with van der Waals surface area (Å²) in [7, 11) is 1.83. The minimum absolute atomic E-state index is 0.0319. The monoisotopic (exact) mass is 297 g/mol. The molecule has 0 radical (unpaired) electrons. The van der Waals surface area contributed by atoms with E-state index < -0.39 is 0 Å². The highest BCUT2D eigenvalue weighted by molar-refractivity contribution is 6.32. The van der Waals surface area contributed by atoms with Gasteiger partial charge < -0.3 is 14.4 Å². The van der Waals surface area contributed by atoms with Crippen molar-refractivity contribution >= 4 is 17.5 Å². The molecule has 0 bridgehead atoms. The van der Waals surface area contributed by atoms with E-state index in [1.54, 1.807) is 11.0 Å². The predicted molar refractivity (Wildman–Crippen MR) is 78.1 cm³/mol. The quantitative estimate of drug-likeness (QED) is 0.758. The number of rotatable bonds is 6. The lowest BCUT2D eigenvalue weighted by Gasteiger charge is -2.20. The van der Waals surface area contributed by atoms with Gasteiger partial charge in [-0.3, -0.25) is 4.79 Å². The van der Waals surface area contributed by atoms with Crippen molar-refractivity contribution in [1.29, 1.82) is 0 Å². The molecule has 1 fully saturated rings. The van der Waals surface area contributed by atoms with Crippen LogP contribution in [0.1, 0.15) is 12.8 Å². The van der Waals surface area contributed by atoms with Crippen molar-refractivity contribution in [2.75, 3.05) is 33.4 Å². The van der Waals surface area contributed by atoms with Gasteiger partial charge in [-0.25, -0.2) is 0 Å². The molecule has 1 saturated heterocycles. The number of hydrogen-bond acceptors (Lipinski definition) is 3. The van der Waals surface area contributed by atoms with Crippen LogP contribution in [-0.4, -0.2) is 44.2 Å². The molecule has 110 valence electrons. The zero-order chi connectivity index (χ0) is 14.4. The van der Waals surface area contributed by atoms with Crippen molar-refractivity contribution in [2.24, 2.45) is 5.92 Å². The summed E-state index contributed by atoms with van der Waals surface area (Å²) in [6, 6.07) is 7.39. The summed E-state index contributed by atoms with van der Waals surface area (Å²) >= 11 is 6.00. The Bertz CT molecular complexity index is 446. The molecule has 1 aliphatic heterocycles. The van der Waals surface area contributed by atoms with Crippen LogP contribution in [0.15, 0.2) is 24.3 Å². The lowest BCUT2D eigenvalue weighted by Crippen LogP contribution is -2.34. The van der Waals surface area contributed by atoms with Crippen LogP contribution in [0.4, 0.5) is 0 Å². The van der Waals surface area contributed by atoms with Crippen LogP contribution in [0.5, 0.6) is 5.75 Å². The molecule has 0 saturated carbocycles. The first-order valence-electron chi connectivity index (χ1n) is 6.88. The van der Waals surface area contributed by atoms with Gasteiger partial charge in [0, 0.05) is 20.2 Å². The third-order valence-corrected chi connectivity index (χ3v) is 3.70. The van der Waals surface area contributed by atoms with Crippen molar-refractivity contribution in [2.45, 2.75) is 12.8 Å². The molecule has 20 heavy (non-hydrogen) atoms. The van der Waals surface area contributed by atoms with E-state index >= 15 is 0 Å². The van der Waals surface area contributed by atoms with Crippen molar-refractivity contribution < 1.29 is 14.3 Å². The Hall–Kier alpha value is -1.26. The summed E-state index contributed by atoms with van der Waals surface area (Å²) in [5.41, 5.74) is 0. The van der Waals surface area contributed by atoms with Crippen LogP contribution >= 0.6 is 11.6 Å². The van der Waals surface area contributed by atoms with Crippen molar-refractivity contribution in [3.63, 3.8) is 0 Å². The number of carbonyl (C=O) groups is 1. The number of ether oxygens (including phenoxy) is 2. The summed E-state index contributed by atoms with van der Waals surface area (Å²) in [6.07, 6.45) is 1.61. The molecular weight excluding hydrogens is 278 g/mol. The minimum atomic E-state index is 0.0319. The zero-order valence-electron chi connectivity index (χ0n) is 11.7. The normalized spacial score (nSPS) is 18.0. The van der Waals surface area contributed by atoms with Gasteiger partial charge in [0.2, 0.25) is 5.91 Å². The van der Waals surface area contributed by atoms with E-state index in [9.17, 15) is 4.79 Å². The smallest absolute Gasteiger partial charge is 0.227 e. The fourth-order valence-electron chi connectivity index (χ4n) is 2.20. The Labute approximate surface area is 124 Å². The largest absolute Gasteiger partial charge is 0.492 e. The molecule has 2 rings (SSSR count). The highest BCUT2D eigenvalue weighted by Crippen LogP contribution is 2.23. The van der Waals surface area contributed by atoms with Crippen molar-refractivity contribution in [1.82, 2.24) is 4.90 Å². The SMILES string of the molecule is CN(CCCOc1ccccc1Cl)C(=O)C1CCOC1. The van der Waals surface area contributed by atoms with E-state index in [1.807, 2.05) is 25.2 Å². The summed E-state index contributed by atoms with van der Waals surface area (Å²) in [5.74, 6) is 0.886. The van der Waals surface area contributed by atoms with Gasteiger partial charge in [-0.15, -0.1) is 0 Å². The molecule has 1 aromatic rings. The van der Waals surface area contributed by atoms with Gasteiger partial charge in [-0.2, -0.15) is 0 Å². The van der Waals surface area contributed by atoms with Gasteiger partial charge in [0.15, 0.2) is 0 Å². The standard InChI is InChI=1S/C15H20ClNO3/c1-17(15(18)12-7-10-19-11-12)8-4-9-20-14-6-3-2-5-13(14)16/h2-3,5-6,12H,4,7-11H2,1H3. The van der Waals surface area contributed by atoms with Gasteiger partial charge in [0.05, 0.1) is 24.2 Å². The maximum Gasteiger partial charge on any atom is 0.227 e. The van der Waals surface area contributed by atoms with Crippen molar-refractivity contribution in [3.05, 3.63) is 29.3 Å². The fraction of sp³-hybridized carbons (Fsp3) is 0.533. The zero-order valence-corrected chi connectivity index (χ0v) is 12.4. The van der Waals surface area contributed by atoms with E-state index in [0.29, 0.717) is 37.1 Å². The molecule has 0 N–H and O–H groups in total. The second kappa shape index (κ2) is 7.50. The summed E-state index contributed by atoms with van der Waals surface area (Å²) in [6.45, 7) is 2.47. The van der Waals surface area contributed by atoms with Crippen LogP contribution < -0.4 is 4.74 Å². The predicted octanol–water partition coefficient (Wildman–Crippen LogP) is 2.60. The molecule has 5 heteroatoms. The molecule has 4 nitrogen and oxygen atoms in total. The van der Waals surface area contributed by atoms with Gasteiger partial charge in [0.1, 0.15) is 5.75 Å². The molecule has 0 spiro atoms. The van der Waals surface area contributed by atoms with Crippen LogP contribution in [0.25, 0.3) is 0 Å². The number of halogens is 1. The first-order chi connectivity index (χ1) is 9.68. The molecule has 1 amide bonds. The van der Waals surface area contributed by atoms with Gasteiger partial charge in [-0.05, 0) is 25.0 Å². The first-order valence-corrected chi connectivity index (χ1v) is 7.26. The fourth-order valence-corrected chi connectivity index (χ4v) is 2.39. The average molecular weight is 298 g/mol. The molecule has 1 heterocycles. The topological polar surface area (TPSA) is 38.8 Å². The average Bonchev–Trinajstić information content (AvgIpc) is 2.98. The molecule has 0 aromatic heterocycles. The number of benzene rings is 1. The number of para-hydroxylation sites is 1. The molecule has 1 atom stereocenters. The summed E-state index contributed by atoms with van der Waals surface area (Å²) < 4.78 is 10.8.